The lowest BCUT2D eigenvalue weighted by Crippen LogP contribution is -2.15. The molecule has 0 atom stereocenters. The van der Waals surface area contributed by atoms with E-state index >= 15 is 0 Å². The quantitative estimate of drug-likeness (QED) is 0.636. The number of methoxy groups -OCH3 is 2. The van der Waals surface area contributed by atoms with Crippen LogP contribution in [0.25, 0.3) is 11.3 Å². The van der Waals surface area contributed by atoms with Crippen LogP contribution in [0.1, 0.15) is 18.9 Å². The van der Waals surface area contributed by atoms with Crippen molar-refractivity contribution in [1.29, 1.82) is 0 Å². The van der Waals surface area contributed by atoms with Crippen molar-refractivity contribution in [1.82, 2.24) is 4.68 Å². The molecule has 0 fully saturated rings. The highest BCUT2D eigenvalue weighted by Gasteiger charge is 2.15. The zero-order chi connectivity index (χ0) is 20.1. The predicted molar refractivity (Wildman–Crippen MR) is 113 cm³/mol. The average Bonchev–Trinajstić information content (AvgIpc) is 3.14. The Kier molecular flexibility index (Phi) is 6.16. The monoisotopic (exact) mass is 397 g/mol. The van der Waals surface area contributed by atoms with Gasteiger partial charge in [0.25, 0.3) is 0 Å². The molecule has 3 aromatic rings. The fourth-order valence-electron chi connectivity index (χ4n) is 2.85. The van der Waals surface area contributed by atoms with E-state index in [1.54, 1.807) is 33.4 Å². The van der Waals surface area contributed by atoms with Gasteiger partial charge < -0.3 is 14.6 Å². The Hall–Kier alpha value is -3.06. The summed E-state index contributed by atoms with van der Waals surface area (Å²) in [6.45, 7) is 2.05. The molecule has 0 saturated heterocycles. The van der Waals surface area contributed by atoms with Gasteiger partial charge in [-0.05, 0) is 54.4 Å². The minimum absolute atomic E-state index is 0.230. The second-order valence-corrected chi connectivity index (χ2v) is 6.79. The molecule has 146 valence electrons. The summed E-state index contributed by atoms with van der Waals surface area (Å²) in [6.07, 6.45) is 0.728. The Morgan fingerprint density at radius 3 is 2.46 bits per heavy atom. The number of aromatic hydroxyl groups is 1. The highest BCUT2D eigenvalue weighted by molar-refractivity contribution is 7.07. The molecule has 0 spiro atoms. The summed E-state index contributed by atoms with van der Waals surface area (Å²) >= 11 is 1.51. The number of hydrogen-bond donors (Lipinski definition) is 1. The van der Waals surface area contributed by atoms with Gasteiger partial charge in [0.05, 0.1) is 25.6 Å². The number of hydrogen-bond acceptors (Lipinski definition) is 6. The number of benzene rings is 2. The molecule has 0 bridgehead atoms. The van der Waals surface area contributed by atoms with Crippen molar-refractivity contribution >= 4 is 17.0 Å². The Morgan fingerprint density at radius 1 is 1.11 bits per heavy atom. The number of thiazole rings is 1. The highest BCUT2D eigenvalue weighted by atomic mass is 32.1. The van der Waals surface area contributed by atoms with E-state index in [1.165, 1.54) is 11.3 Å². The molecule has 0 radical (unpaired) electrons. The van der Waals surface area contributed by atoms with Gasteiger partial charge in [-0.1, -0.05) is 6.92 Å². The molecule has 0 saturated carbocycles. The number of aromatic nitrogens is 1. The standard InChI is InChI=1S/C21H23N3O3S/c1-5-18(14-6-8-15(25)9-7-14)23-24-19(13-28-21(24)22-2)17-12-16(26-3)10-11-20(17)27-4/h6-13,25H,5H2,1-4H3. The maximum absolute atomic E-state index is 9.57. The fourth-order valence-corrected chi connectivity index (χ4v) is 3.64. The van der Waals surface area contributed by atoms with Gasteiger partial charge >= 0.3 is 0 Å². The smallest absolute Gasteiger partial charge is 0.205 e. The van der Waals surface area contributed by atoms with E-state index in [9.17, 15) is 5.11 Å². The van der Waals surface area contributed by atoms with E-state index in [2.05, 4.69) is 4.99 Å². The van der Waals surface area contributed by atoms with Crippen LogP contribution in [0.4, 0.5) is 0 Å². The molecule has 0 amide bonds. The summed E-state index contributed by atoms with van der Waals surface area (Å²) in [6, 6.07) is 12.7. The molecule has 1 N–H and O–H groups in total. The molecule has 7 heteroatoms. The molecule has 2 aromatic carbocycles. The van der Waals surface area contributed by atoms with Crippen LogP contribution in [0, 0.1) is 0 Å². The third-order valence-corrected chi connectivity index (χ3v) is 5.22. The van der Waals surface area contributed by atoms with Crippen molar-refractivity contribution in [3.05, 3.63) is 58.2 Å². The van der Waals surface area contributed by atoms with E-state index in [0.717, 1.165) is 45.3 Å². The van der Waals surface area contributed by atoms with Gasteiger partial charge in [-0.3, -0.25) is 4.99 Å². The van der Waals surface area contributed by atoms with E-state index in [4.69, 9.17) is 14.6 Å². The molecule has 28 heavy (non-hydrogen) atoms. The van der Waals surface area contributed by atoms with Crippen molar-refractivity contribution in [3.63, 3.8) is 0 Å². The van der Waals surface area contributed by atoms with Gasteiger partial charge in [-0.25, -0.2) is 4.68 Å². The summed E-state index contributed by atoms with van der Waals surface area (Å²) in [5.74, 6) is 1.70. The molecule has 0 unspecified atom stereocenters. The summed E-state index contributed by atoms with van der Waals surface area (Å²) < 4.78 is 12.8. The lowest BCUT2D eigenvalue weighted by atomic mass is 10.1. The minimum Gasteiger partial charge on any atom is -0.508 e. The van der Waals surface area contributed by atoms with E-state index in [0.29, 0.717) is 0 Å². The first-order chi connectivity index (χ1) is 13.6. The fraction of sp³-hybridized carbons (Fsp3) is 0.238. The molecule has 0 aliphatic rings. The molecular weight excluding hydrogens is 374 g/mol. The van der Waals surface area contributed by atoms with Gasteiger partial charge in [-0.15, -0.1) is 11.3 Å². The molecular formula is C21H23N3O3S. The Bertz CT molecular complexity index is 1050. The first-order valence-corrected chi connectivity index (χ1v) is 9.72. The number of rotatable bonds is 6. The summed E-state index contributed by atoms with van der Waals surface area (Å²) in [7, 11) is 5.03. The summed E-state index contributed by atoms with van der Waals surface area (Å²) in [5.41, 5.74) is 3.57. The topological polar surface area (TPSA) is 68.3 Å². The minimum atomic E-state index is 0.230. The first-order valence-electron chi connectivity index (χ1n) is 8.84. The molecule has 1 aromatic heterocycles. The Morgan fingerprint density at radius 2 is 1.86 bits per heavy atom. The number of nitrogens with zero attached hydrogens (tertiary/aromatic N) is 3. The molecule has 0 aliphatic carbocycles. The Labute approximate surface area is 168 Å². The first kappa shape index (κ1) is 19.7. The SMILES string of the molecule is CCC(=Nn1c(-c2cc(OC)ccc2OC)csc1=NC)c1ccc(O)cc1. The summed E-state index contributed by atoms with van der Waals surface area (Å²) in [5, 5.41) is 16.5. The van der Waals surface area contributed by atoms with Crippen LogP contribution in [0.3, 0.4) is 0 Å². The Balaban J connectivity index is 2.20. The van der Waals surface area contributed by atoms with Crippen LogP contribution >= 0.6 is 11.3 Å². The third-order valence-electron chi connectivity index (χ3n) is 4.32. The van der Waals surface area contributed by atoms with Crippen LogP contribution < -0.4 is 14.3 Å². The largest absolute Gasteiger partial charge is 0.508 e. The third kappa shape index (κ3) is 3.94. The van der Waals surface area contributed by atoms with Crippen LogP contribution in [-0.4, -0.2) is 36.8 Å². The number of ether oxygens (including phenoxy) is 2. The number of phenols is 1. The van der Waals surface area contributed by atoms with E-state index in [-0.39, 0.29) is 5.75 Å². The van der Waals surface area contributed by atoms with Crippen LogP contribution in [0.2, 0.25) is 0 Å². The zero-order valence-corrected chi connectivity index (χ0v) is 17.2. The van der Waals surface area contributed by atoms with E-state index in [1.807, 2.05) is 47.3 Å². The van der Waals surface area contributed by atoms with Gasteiger partial charge in [-0.2, -0.15) is 5.10 Å². The molecule has 1 heterocycles. The maximum atomic E-state index is 9.57. The van der Waals surface area contributed by atoms with Crippen molar-refractivity contribution in [3.8, 4) is 28.5 Å². The molecule has 0 aliphatic heterocycles. The number of phenolic OH excluding ortho intramolecular Hbond substituents is 1. The average molecular weight is 398 g/mol. The lowest BCUT2D eigenvalue weighted by molar-refractivity contribution is 0.404. The second kappa shape index (κ2) is 8.75. The van der Waals surface area contributed by atoms with Gasteiger partial charge in [0.15, 0.2) is 0 Å². The lowest BCUT2D eigenvalue weighted by Gasteiger charge is -2.12. The van der Waals surface area contributed by atoms with Gasteiger partial charge in [0.2, 0.25) is 4.80 Å². The van der Waals surface area contributed by atoms with Crippen molar-refractivity contribution in [2.75, 3.05) is 21.3 Å². The maximum Gasteiger partial charge on any atom is 0.205 e. The molecule has 3 rings (SSSR count). The van der Waals surface area contributed by atoms with E-state index < -0.39 is 0 Å². The summed E-state index contributed by atoms with van der Waals surface area (Å²) in [4.78, 5) is 5.14. The van der Waals surface area contributed by atoms with Crippen molar-refractivity contribution in [2.45, 2.75) is 13.3 Å². The van der Waals surface area contributed by atoms with Crippen molar-refractivity contribution in [2.24, 2.45) is 10.1 Å². The van der Waals surface area contributed by atoms with Gasteiger partial charge in [0.1, 0.15) is 17.2 Å². The zero-order valence-electron chi connectivity index (χ0n) is 16.3. The van der Waals surface area contributed by atoms with Crippen LogP contribution in [0.15, 0.2) is 57.9 Å². The van der Waals surface area contributed by atoms with Crippen LogP contribution in [-0.2, 0) is 0 Å². The normalized spacial score (nSPS) is 12.3. The second-order valence-electron chi connectivity index (χ2n) is 5.95. The predicted octanol–water partition coefficient (Wildman–Crippen LogP) is 4.13. The van der Waals surface area contributed by atoms with Gasteiger partial charge in [0, 0.05) is 18.0 Å². The van der Waals surface area contributed by atoms with Crippen LogP contribution in [0.5, 0.6) is 17.2 Å². The molecule has 6 nitrogen and oxygen atoms in total. The van der Waals surface area contributed by atoms with Crippen molar-refractivity contribution < 1.29 is 14.6 Å². The highest BCUT2D eigenvalue weighted by Crippen LogP contribution is 2.33.